The lowest BCUT2D eigenvalue weighted by Gasteiger charge is -2.23. The van der Waals surface area contributed by atoms with Crippen LogP contribution in [-0.4, -0.2) is 35.0 Å². The second kappa shape index (κ2) is 6.69. The lowest BCUT2D eigenvalue weighted by Crippen LogP contribution is -2.24. The van der Waals surface area contributed by atoms with Crippen LogP contribution in [0.1, 0.15) is 18.9 Å². The monoisotopic (exact) mass is 321 g/mol. The average Bonchev–Trinajstić information content (AvgIpc) is 3.02. The first-order chi connectivity index (χ1) is 10.8. The lowest BCUT2D eigenvalue weighted by atomic mass is 10.2. The molecule has 0 radical (unpaired) electrons. The van der Waals surface area contributed by atoms with Crippen molar-refractivity contribution in [1.29, 1.82) is 0 Å². The number of amides is 1. The summed E-state index contributed by atoms with van der Waals surface area (Å²) < 4.78 is 16.9. The SMILES string of the molecule is CCNC(=O)CSc1nnc(C2COc3ccccc3O2)o1. The van der Waals surface area contributed by atoms with E-state index in [1.807, 2.05) is 31.2 Å². The van der Waals surface area contributed by atoms with Gasteiger partial charge in [-0.25, -0.2) is 0 Å². The van der Waals surface area contributed by atoms with Gasteiger partial charge in [0, 0.05) is 6.54 Å². The third-order valence-corrected chi connectivity index (χ3v) is 3.73. The molecule has 0 spiro atoms. The molecule has 3 rings (SSSR count). The summed E-state index contributed by atoms with van der Waals surface area (Å²) >= 11 is 1.19. The Labute approximate surface area is 131 Å². The van der Waals surface area contributed by atoms with Crippen LogP contribution in [0, 0.1) is 0 Å². The second-order valence-electron chi connectivity index (χ2n) is 4.51. The number of nitrogens with zero attached hydrogens (tertiary/aromatic N) is 2. The van der Waals surface area contributed by atoms with Crippen molar-refractivity contribution < 1.29 is 18.7 Å². The van der Waals surface area contributed by atoms with E-state index in [2.05, 4.69) is 15.5 Å². The van der Waals surface area contributed by atoms with Crippen LogP contribution >= 0.6 is 11.8 Å². The number of carbonyl (C=O) groups excluding carboxylic acids is 1. The van der Waals surface area contributed by atoms with Gasteiger partial charge >= 0.3 is 0 Å². The molecule has 1 unspecified atom stereocenters. The van der Waals surface area contributed by atoms with Crippen molar-refractivity contribution in [2.75, 3.05) is 18.9 Å². The van der Waals surface area contributed by atoms with Crippen molar-refractivity contribution in [3.8, 4) is 11.5 Å². The van der Waals surface area contributed by atoms with Crippen molar-refractivity contribution in [2.45, 2.75) is 18.3 Å². The van der Waals surface area contributed by atoms with Crippen LogP contribution in [0.4, 0.5) is 0 Å². The van der Waals surface area contributed by atoms with Crippen LogP contribution < -0.4 is 14.8 Å². The number of hydrogen-bond acceptors (Lipinski definition) is 7. The van der Waals surface area contributed by atoms with Crippen molar-refractivity contribution in [1.82, 2.24) is 15.5 Å². The van der Waals surface area contributed by atoms with Gasteiger partial charge in [-0.15, -0.1) is 10.2 Å². The van der Waals surface area contributed by atoms with Gasteiger partial charge in [0.2, 0.25) is 12.0 Å². The van der Waals surface area contributed by atoms with Crippen LogP contribution in [0.5, 0.6) is 11.5 Å². The molecular formula is C14H15N3O4S. The van der Waals surface area contributed by atoms with Crippen molar-refractivity contribution in [3.05, 3.63) is 30.2 Å². The van der Waals surface area contributed by atoms with Gasteiger partial charge in [0.05, 0.1) is 5.75 Å². The molecule has 0 aliphatic carbocycles. The maximum Gasteiger partial charge on any atom is 0.277 e. The van der Waals surface area contributed by atoms with E-state index >= 15 is 0 Å². The molecule has 0 fully saturated rings. The number of hydrogen-bond donors (Lipinski definition) is 1. The Morgan fingerprint density at radius 2 is 2.18 bits per heavy atom. The normalized spacial score (nSPS) is 16.3. The van der Waals surface area contributed by atoms with E-state index in [1.54, 1.807) is 0 Å². The Bertz CT molecular complexity index is 661. The fraction of sp³-hybridized carbons (Fsp3) is 0.357. The number of fused-ring (bicyclic) bond motifs is 1. The zero-order valence-electron chi connectivity index (χ0n) is 11.9. The summed E-state index contributed by atoms with van der Waals surface area (Å²) in [7, 11) is 0. The van der Waals surface area contributed by atoms with Gasteiger partial charge in [-0.1, -0.05) is 23.9 Å². The molecule has 7 nitrogen and oxygen atoms in total. The highest BCUT2D eigenvalue weighted by molar-refractivity contribution is 7.99. The number of ether oxygens (including phenoxy) is 2. The van der Waals surface area contributed by atoms with E-state index in [0.29, 0.717) is 35.8 Å². The summed E-state index contributed by atoms with van der Waals surface area (Å²) in [6.07, 6.45) is -0.443. The number of thioether (sulfide) groups is 1. The summed E-state index contributed by atoms with van der Waals surface area (Å²) in [4.78, 5) is 11.4. The molecule has 1 N–H and O–H groups in total. The van der Waals surface area contributed by atoms with Gasteiger partial charge < -0.3 is 19.2 Å². The third-order valence-electron chi connectivity index (χ3n) is 2.91. The van der Waals surface area contributed by atoms with Crippen LogP contribution in [-0.2, 0) is 4.79 Å². The molecule has 2 heterocycles. The van der Waals surface area contributed by atoms with E-state index < -0.39 is 6.10 Å². The fourth-order valence-electron chi connectivity index (χ4n) is 1.93. The van der Waals surface area contributed by atoms with E-state index in [0.717, 1.165) is 0 Å². The number of nitrogens with one attached hydrogen (secondary N) is 1. The molecule has 0 bridgehead atoms. The summed E-state index contributed by atoms with van der Waals surface area (Å²) in [5, 5.41) is 10.9. The molecule has 8 heteroatoms. The number of rotatable bonds is 5. The van der Waals surface area contributed by atoms with E-state index in [1.165, 1.54) is 11.8 Å². The number of para-hydroxylation sites is 2. The molecule has 1 aromatic carbocycles. The molecule has 1 aromatic heterocycles. The zero-order valence-corrected chi connectivity index (χ0v) is 12.8. The minimum absolute atomic E-state index is 0.0709. The first-order valence-electron chi connectivity index (χ1n) is 6.87. The van der Waals surface area contributed by atoms with Gasteiger partial charge in [0.1, 0.15) is 6.61 Å². The summed E-state index contributed by atoms with van der Waals surface area (Å²) in [5.41, 5.74) is 0. The summed E-state index contributed by atoms with van der Waals surface area (Å²) in [6.45, 7) is 2.77. The molecule has 0 saturated heterocycles. The Morgan fingerprint density at radius 3 is 3.00 bits per heavy atom. The maximum absolute atomic E-state index is 11.4. The summed E-state index contributed by atoms with van der Waals surface area (Å²) in [6, 6.07) is 7.41. The minimum atomic E-state index is -0.443. The van der Waals surface area contributed by atoms with Crippen LogP contribution in [0.15, 0.2) is 33.9 Å². The zero-order chi connectivity index (χ0) is 15.4. The Balaban J connectivity index is 1.61. The lowest BCUT2D eigenvalue weighted by molar-refractivity contribution is -0.118. The second-order valence-corrected chi connectivity index (χ2v) is 5.44. The first kappa shape index (κ1) is 14.7. The highest BCUT2D eigenvalue weighted by atomic mass is 32.2. The molecule has 1 aliphatic rings. The minimum Gasteiger partial charge on any atom is -0.485 e. The molecule has 22 heavy (non-hydrogen) atoms. The largest absolute Gasteiger partial charge is 0.485 e. The van der Waals surface area contributed by atoms with Crippen LogP contribution in [0.3, 0.4) is 0 Å². The topological polar surface area (TPSA) is 86.5 Å². The summed E-state index contributed by atoms with van der Waals surface area (Å²) in [5.74, 6) is 1.85. The number of carbonyl (C=O) groups is 1. The molecule has 0 saturated carbocycles. The highest BCUT2D eigenvalue weighted by Crippen LogP contribution is 2.35. The van der Waals surface area contributed by atoms with Gasteiger partial charge in [0.25, 0.3) is 11.1 Å². The molecular weight excluding hydrogens is 306 g/mol. The molecule has 116 valence electrons. The number of aromatic nitrogens is 2. The quantitative estimate of drug-likeness (QED) is 0.840. The third kappa shape index (κ3) is 3.33. The van der Waals surface area contributed by atoms with Gasteiger partial charge in [-0.3, -0.25) is 4.79 Å². The van der Waals surface area contributed by atoms with E-state index in [9.17, 15) is 4.79 Å². The van der Waals surface area contributed by atoms with Gasteiger partial charge in [0.15, 0.2) is 11.5 Å². The van der Waals surface area contributed by atoms with Crippen molar-refractivity contribution in [3.63, 3.8) is 0 Å². The smallest absolute Gasteiger partial charge is 0.277 e. The van der Waals surface area contributed by atoms with Crippen molar-refractivity contribution in [2.24, 2.45) is 0 Å². The van der Waals surface area contributed by atoms with Gasteiger partial charge in [-0.05, 0) is 19.1 Å². The molecule has 1 aliphatic heterocycles. The van der Waals surface area contributed by atoms with Crippen molar-refractivity contribution >= 4 is 17.7 Å². The maximum atomic E-state index is 11.4. The highest BCUT2D eigenvalue weighted by Gasteiger charge is 2.27. The first-order valence-corrected chi connectivity index (χ1v) is 7.86. The average molecular weight is 321 g/mol. The Kier molecular flexibility index (Phi) is 4.47. The molecule has 1 amide bonds. The van der Waals surface area contributed by atoms with Crippen LogP contribution in [0.25, 0.3) is 0 Å². The number of benzene rings is 1. The van der Waals surface area contributed by atoms with E-state index in [4.69, 9.17) is 13.9 Å². The standard InChI is InChI=1S/C14H15N3O4S/c1-2-15-12(18)8-22-14-17-16-13(21-14)11-7-19-9-5-3-4-6-10(9)20-11/h3-6,11H,2,7-8H2,1H3,(H,15,18). The predicted octanol–water partition coefficient (Wildman–Crippen LogP) is 1.81. The Morgan fingerprint density at radius 1 is 1.36 bits per heavy atom. The molecule has 2 aromatic rings. The van der Waals surface area contributed by atoms with Crippen LogP contribution in [0.2, 0.25) is 0 Å². The molecule has 1 atom stereocenters. The van der Waals surface area contributed by atoms with Gasteiger partial charge in [-0.2, -0.15) is 0 Å². The predicted molar refractivity (Wildman–Crippen MR) is 79.0 cm³/mol. The van der Waals surface area contributed by atoms with E-state index in [-0.39, 0.29) is 11.7 Å². The Hall–Kier alpha value is -2.22. The fourth-order valence-corrected chi connectivity index (χ4v) is 2.53.